The van der Waals surface area contributed by atoms with Crippen LogP contribution >= 0.6 is 0 Å². The molecule has 1 aromatic carbocycles. The fourth-order valence-corrected chi connectivity index (χ4v) is 6.73. The van der Waals surface area contributed by atoms with Crippen molar-refractivity contribution in [3.05, 3.63) is 71.6 Å². The van der Waals surface area contributed by atoms with Crippen LogP contribution in [-0.2, 0) is 22.7 Å². The van der Waals surface area contributed by atoms with Crippen LogP contribution in [0.4, 0.5) is 9.18 Å². The second kappa shape index (κ2) is 10.1. The highest BCUT2D eigenvalue weighted by Crippen LogP contribution is 2.38. The van der Waals surface area contributed by atoms with Gasteiger partial charge in [-0.25, -0.2) is 9.78 Å². The van der Waals surface area contributed by atoms with Crippen LogP contribution in [-0.4, -0.2) is 86.8 Å². The summed E-state index contributed by atoms with van der Waals surface area (Å²) in [4.78, 5) is 50.0. The molecule has 0 saturated carbocycles. The number of carbonyl (C=O) groups is 3. The number of amides is 4. The molecule has 4 amide bonds. The summed E-state index contributed by atoms with van der Waals surface area (Å²) in [6.07, 6.45) is 5.81. The number of carbonyl (C=O) groups excluding carboxylic acids is 3. The Balaban J connectivity index is 1.25. The first kappa shape index (κ1) is 26.4. The van der Waals surface area contributed by atoms with Gasteiger partial charge in [0.2, 0.25) is 0 Å². The monoisotopic (exact) mass is 569 g/mol. The number of nitrogens with zero attached hydrogens (tertiary/aromatic N) is 6. The SMILES string of the molecule is CN(C)CC1CCN(C(=O)N2CCc3ccc(C4=C(c5cnc6ccccn56)C(=O)NC4=O)c4cc(F)n(c34)C2)CC1. The van der Waals surface area contributed by atoms with Crippen molar-refractivity contribution in [2.75, 3.05) is 40.3 Å². The van der Waals surface area contributed by atoms with Crippen LogP contribution in [0.2, 0.25) is 0 Å². The Morgan fingerprint density at radius 1 is 1.05 bits per heavy atom. The first-order valence-corrected chi connectivity index (χ1v) is 14.3. The van der Waals surface area contributed by atoms with Crippen LogP contribution < -0.4 is 5.32 Å². The third-order valence-corrected chi connectivity index (χ3v) is 8.71. The molecular formula is C31H32FN7O3. The Labute approximate surface area is 242 Å². The van der Waals surface area contributed by atoms with Crippen LogP contribution in [0.1, 0.15) is 29.7 Å². The highest BCUT2D eigenvalue weighted by atomic mass is 19.1. The van der Waals surface area contributed by atoms with Gasteiger partial charge in [0, 0.05) is 43.8 Å². The second-order valence-electron chi connectivity index (χ2n) is 11.7. The molecule has 1 N–H and O–H groups in total. The van der Waals surface area contributed by atoms with Crippen molar-refractivity contribution >= 4 is 45.5 Å². The maximum Gasteiger partial charge on any atom is 0.321 e. The lowest BCUT2D eigenvalue weighted by Crippen LogP contribution is -2.48. The Kier molecular flexibility index (Phi) is 6.34. The lowest BCUT2D eigenvalue weighted by atomic mass is 9.94. The number of likely N-dealkylation sites (tertiary alicyclic amines) is 1. The number of piperidine rings is 1. The molecule has 3 aliphatic rings. The van der Waals surface area contributed by atoms with E-state index in [4.69, 9.17) is 0 Å². The Hall–Kier alpha value is -4.51. The van der Waals surface area contributed by atoms with Gasteiger partial charge in [-0.1, -0.05) is 18.2 Å². The molecule has 0 atom stereocenters. The van der Waals surface area contributed by atoms with Crippen LogP contribution in [0, 0.1) is 11.9 Å². The molecule has 11 heteroatoms. The van der Waals surface area contributed by atoms with E-state index in [1.807, 2.05) is 29.2 Å². The first-order chi connectivity index (χ1) is 20.3. The van der Waals surface area contributed by atoms with E-state index in [1.165, 1.54) is 10.6 Å². The van der Waals surface area contributed by atoms with Gasteiger partial charge in [0.25, 0.3) is 11.8 Å². The Morgan fingerprint density at radius 2 is 1.83 bits per heavy atom. The number of fused-ring (bicyclic) bond motifs is 1. The summed E-state index contributed by atoms with van der Waals surface area (Å²) in [6, 6.07) is 10.5. The molecule has 4 aromatic rings. The van der Waals surface area contributed by atoms with Crippen molar-refractivity contribution in [2.24, 2.45) is 5.92 Å². The minimum Gasteiger partial charge on any atom is -0.325 e. The van der Waals surface area contributed by atoms with Gasteiger partial charge in [-0.2, -0.15) is 4.39 Å². The molecular weight excluding hydrogens is 537 g/mol. The van der Waals surface area contributed by atoms with Gasteiger partial charge in [0.1, 0.15) is 12.3 Å². The Morgan fingerprint density at radius 3 is 2.62 bits per heavy atom. The minimum absolute atomic E-state index is 0.0759. The summed E-state index contributed by atoms with van der Waals surface area (Å²) >= 11 is 0. The number of benzene rings is 1. The average Bonchev–Trinajstić information content (AvgIpc) is 3.57. The van der Waals surface area contributed by atoms with Gasteiger partial charge in [-0.05, 0) is 62.5 Å². The smallest absolute Gasteiger partial charge is 0.321 e. The van der Waals surface area contributed by atoms with Crippen molar-refractivity contribution < 1.29 is 18.8 Å². The number of hydrogen-bond acceptors (Lipinski definition) is 5. The van der Waals surface area contributed by atoms with E-state index in [0.717, 1.165) is 24.9 Å². The zero-order valence-electron chi connectivity index (χ0n) is 23.6. The summed E-state index contributed by atoms with van der Waals surface area (Å²) in [6.45, 7) is 2.93. The number of pyridine rings is 1. The minimum atomic E-state index is -0.535. The van der Waals surface area contributed by atoms with Gasteiger partial charge in [-0.3, -0.25) is 23.9 Å². The molecule has 216 valence electrons. The van der Waals surface area contributed by atoms with E-state index in [2.05, 4.69) is 29.3 Å². The van der Waals surface area contributed by atoms with E-state index in [9.17, 15) is 14.4 Å². The summed E-state index contributed by atoms with van der Waals surface area (Å²) < 4.78 is 19.0. The van der Waals surface area contributed by atoms with E-state index in [-0.39, 0.29) is 23.8 Å². The van der Waals surface area contributed by atoms with Crippen molar-refractivity contribution in [3.63, 3.8) is 0 Å². The van der Waals surface area contributed by atoms with Crippen molar-refractivity contribution in [1.82, 2.24) is 34.0 Å². The number of nitrogens with one attached hydrogen (secondary N) is 1. The first-order valence-electron chi connectivity index (χ1n) is 14.3. The number of rotatable bonds is 4. The zero-order chi connectivity index (χ0) is 29.1. The molecule has 0 radical (unpaired) electrons. The predicted molar refractivity (Wildman–Crippen MR) is 156 cm³/mol. The topological polar surface area (TPSA) is 95.2 Å². The molecule has 42 heavy (non-hydrogen) atoms. The van der Waals surface area contributed by atoms with E-state index in [0.29, 0.717) is 59.8 Å². The number of imidazole rings is 1. The van der Waals surface area contributed by atoms with Crippen molar-refractivity contribution in [2.45, 2.75) is 25.9 Å². The largest absolute Gasteiger partial charge is 0.325 e. The molecule has 10 nitrogen and oxygen atoms in total. The van der Waals surface area contributed by atoms with Crippen molar-refractivity contribution in [3.8, 4) is 0 Å². The third kappa shape index (κ3) is 4.27. The highest BCUT2D eigenvalue weighted by molar-refractivity contribution is 6.49. The highest BCUT2D eigenvalue weighted by Gasteiger charge is 2.36. The fourth-order valence-electron chi connectivity index (χ4n) is 6.73. The molecule has 3 aliphatic heterocycles. The third-order valence-electron chi connectivity index (χ3n) is 8.71. The van der Waals surface area contributed by atoms with Gasteiger partial charge >= 0.3 is 6.03 Å². The number of aromatic nitrogens is 3. The maximum atomic E-state index is 15.7. The van der Waals surface area contributed by atoms with E-state index in [1.54, 1.807) is 27.8 Å². The Bertz CT molecular complexity index is 1790. The normalized spacial score (nSPS) is 18.1. The molecule has 1 saturated heterocycles. The molecule has 1 fully saturated rings. The van der Waals surface area contributed by atoms with Crippen molar-refractivity contribution in [1.29, 1.82) is 0 Å². The molecule has 0 unspecified atom stereocenters. The number of hydrogen-bond donors (Lipinski definition) is 1. The quantitative estimate of drug-likeness (QED) is 0.381. The summed E-state index contributed by atoms with van der Waals surface area (Å²) in [5.74, 6) is -0.984. The molecule has 0 spiro atoms. The number of imide groups is 1. The zero-order valence-corrected chi connectivity index (χ0v) is 23.6. The van der Waals surface area contributed by atoms with Gasteiger partial charge in [0.15, 0.2) is 5.95 Å². The van der Waals surface area contributed by atoms with E-state index >= 15 is 4.39 Å². The van der Waals surface area contributed by atoms with Crippen LogP contribution in [0.15, 0.2) is 48.8 Å². The van der Waals surface area contributed by atoms with Gasteiger partial charge in [0.05, 0.1) is 28.6 Å². The maximum absolute atomic E-state index is 15.7. The summed E-state index contributed by atoms with van der Waals surface area (Å²) in [7, 11) is 4.14. The second-order valence-corrected chi connectivity index (χ2v) is 11.7. The van der Waals surface area contributed by atoms with Crippen LogP contribution in [0.3, 0.4) is 0 Å². The van der Waals surface area contributed by atoms with Gasteiger partial charge < -0.3 is 14.7 Å². The molecule has 3 aromatic heterocycles. The predicted octanol–water partition coefficient (Wildman–Crippen LogP) is 3.20. The fraction of sp³-hybridized carbons (Fsp3) is 0.355. The molecule has 6 heterocycles. The lowest BCUT2D eigenvalue weighted by molar-refractivity contribution is -0.122. The lowest BCUT2D eigenvalue weighted by Gasteiger charge is -2.36. The number of urea groups is 1. The van der Waals surface area contributed by atoms with E-state index < -0.39 is 17.8 Å². The summed E-state index contributed by atoms with van der Waals surface area (Å²) in [5, 5.41) is 2.96. The van der Waals surface area contributed by atoms with Gasteiger partial charge in [-0.15, -0.1) is 0 Å². The number of halogens is 1. The summed E-state index contributed by atoms with van der Waals surface area (Å²) in [5.41, 5.74) is 3.51. The molecule has 7 rings (SSSR count). The molecule has 0 aliphatic carbocycles. The average molecular weight is 570 g/mol. The van der Waals surface area contributed by atoms with Crippen LogP contribution in [0.5, 0.6) is 0 Å². The van der Waals surface area contributed by atoms with Crippen LogP contribution in [0.25, 0.3) is 27.7 Å². The molecule has 0 bridgehead atoms. The standard InChI is InChI=1S/C31H32FN7O3/c1-35(2)17-19-8-12-36(13-9-19)31(42)37-14-10-20-6-7-21(22-15-24(32)39(18-37)28(20)22)26-27(30(41)34-29(26)40)23-16-33-25-5-3-4-11-38(23)25/h3-7,11,15-16,19H,8-10,12-14,17-18H2,1-2H3,(H,34,40,41).